The fraction of sp³-hybridized carbons (Fsp3) is 0.136. The van der Waals surface area contributed by atoms with Crippen molar-refractivity contribution in [1.82, 2.24) is 14.8 Å². The molecule has 2 aromatic heterocycles. The Hall–Kier alpha value is -3.92. The highest BCUT2D eigenvalue weighted by Crippen LogP contribution is 2.33. The number of aliphatic imine (C=N–C) groups is 1. The number of non-ortho nitro benzene ring substituents is 1. The minimum absolute atomic E-state index is 0.0150. The predicted octanol–water partition coefficient (Wildman–Crippen LogP) is 5.38. The number of ether oxygens (including phenoxy) is 1. The molecule has 4 aromatic rings. The Kier molecular flexibility index (Phi) is 6.31. The summed E-state index contributed by atoms with van der Waals surface area (Å²) in [6, 6.07) is 15.5. The van der Waals surface area contributed by atoms with Gasteiger partial charge in [0.05, 0.1) is 24.0 Å². The van der Waals surface area contributed by atoms with Gasteiger partial charge in [0.25, 0.3) is 5.69 Å². The van der Waals surface area contributed by atoms with Crippen molar-refractivity contribution in [1.29, 1.82) is 0 Å². The molecule has 0 N–H and O–H groups in total. The van der Waals surface area contributed by atoms with E-state index in [1.54, 1.807) is 43.9 Å². The molecular formula is C22H19N5O4S. The average molecular weight is 449 g/mol. The zero-order chi connectivity index (χ0) is 22.5. The molecule has 4 rings (SSSR count). The van der Waals surface area contributed by atoms with Crippen molar-refractivity contribution in [2.75, 3.05) is 7.11 Å². The van der Waals surface area contributed by atoms with E-state index in [1.165, 1.54) is 23.9 Å². The van der Waals surface area contributed by atoms with Crippen molar-refractivity contribution in [3.05, 3.63) is 76.5 Å². The van der Waals surface area contributed by atoms with Crippen LogP contribution in [0.5, 0.6) is 5.75 Å². The van der Waals surface area contributed by atoms with Gasteiger partial charge in [-0.05, 0) is 61.2 Å². The molecule has 32 heavy (non-hydrogen) atoms. The van der Waals surface area contributed by atoms with Crippen molar-refractivity contribution in [3.8, 4) is 17.3 Å². The van der Waals surface area contributed by atoms with Gasteiger partial charge < -0.3 is 9.15 Å². The first kappa shape index (κ1) is 21.3. The molecule has 2 heterocycles. The Balaban J connectivity index is 1.68. The molecule has 0 saturated heterocycles. The Labute approximate surface area is 187 Å². The molecule has 162 valence electrons. The van der Waals surface area contributed by atoms with E-state index in [-0.39, 0.29) is 5.69 Å². The Bertz CT molecular complexity index is 1250. The highest BCUT2D eigenvalue weighted by molar-refractivity contribution is 7.99. The van der Waals surface area contributed by atoms with Gasteiger partial charge in [0, 0.05) is 35.4 Å². The summed E-state index contributed by atoms with van der Waals surface area (Å²) in [5.41, 5.74) is 1.29. The molecule has 0 aliphatic heterocycles. The van der Waals surface area contributed by atoms with E-state index in [0.717, 1.165) is 10.6 Å². The van der Waals surface area contributed by atoms with Crippen LogP contribution in [0.25, 0.3) is 11.6 Å². The Morgan fingerprint density at radius 3 is 2.69 bits per heavy atom. The first-order chi connectivity index (χ1) is 15.6. The van der Waals surface area contributed by atoms with Gasteiger partial charge in [-0.15, -0.1) is 10.2 Å². The van der Waals surface area contributed by atoms with Gasteiger partial charge in [0.1, 0.15) is 5.75 Å². The van der Waals surface area contributed by atoms with Gasteiger partial charge in [0.2, 0.25) is 0 Å². The lowest BCUT2D eigenvalue weighted by Gasteiger charge is -2.08. The van der Waals surface area contributed by atoms with Crippen LogP contribution in [0.2, 0.25) is 0 Å². The lowest BCUT2D eigenvalue weighted by atomic mass is 10.2. The Morgan fingerprint density at radius 2 is 2.03 bits per heavy atom. The monoisotopic (exact) mass is 449 g/mol. The van der Waals surface area contributed by atoms with E-state index >= 15 is 0 Å². The molecule has 0 spiro atoms. The highest BCUT2D eigenvalue weighted by atomic mass is 32.2. The molecule has 0 bridgehead atoms. The summed E-state index contributed by atoms with van der Waals surface area (Å²) in [4.78, 5) is 16.1. The van der Waals surface area contributed by atoms with Crippen LogP contribution in [0.3, 0.4) is 0 Å². The first-order valence-electron chi connectivity index (χ1n) is 9.70. The summed E-state index contributed by atoms with van der Waals surface area (Å²) in [6.45, 7) is 2.62. The number of rotatable bonds is 8. The molecule has 0 radical (unpaired) electrons. The van der Waals surface area contributed by atoms with Crippen LogP contribution in [0.1, 0.15) is 12.5 Å². The number of nitrogens with zero attached hydrogens (tertiary/aromatic N) is 5. The lowest BCUT2D eigenvalue weighted by Crippen LogP contribution is -2.00. The van der Waals surface area contributed by atoms with Crippen LogP contribution in [0.15, 0.2) is 80.3 Å². The van der Waals surface area contributed by atoms with Crippen LogP contribution in [-0.4, -0.2) is 33.0 Å². The van der Waals surface area contributed by atoms with Crippen molar-refractivity contribution in [3.63, 3.8) is 0 Å². The summed E-state index contributed by atoms with van der Waals surface area (Å²) in [7, 11) is 1.59. The van der Waals surface area contributed by atoms with Gasteiger partial charge >= 0.3 is 0 Å². The third kappa shape index (κ3) is 4.54. The van der Waals surface area contributed by atoms with Gasteiger partial charge in [-0.3, -0.25) is 19.7 Å². The molecule has 0 aliphatic rings. The number of hydrogen-bond acceptors (Lipinski definition) is 8. The first-order valence-corrected chi connectivity index (χ1v) is 10.5. The van der Waals surface area contributed by atoms with Crippen LogP contribution in [0.4, 0.5) is 11.4 Å². The van der Waals surface area contributed by atoms with Crippen molar-refractivity contribution < 1.29 is 14.1 Å². The van der Waals surface area contributed by atoms with Crippen molar-refractivity contribution in [2.45, 2.75) is 23.5 Å². The molecular weight excluding hydrogens is 430 g/mol. The SMILES string of the molecule is CCn1c(Sc2ccc([N+](=O)[O-])cc2C=Nc2ccc(OC)cc2)nnc1-c1ccco1. The van der Waals surface area contributed by atoms with Gasteiger partial charge in [0.15, 0.2) is 16.7 Å². The van der Waals surface area contributed by atoms with Crippen LogP contribution < -0.4 is 4.74 Å². The second-order valence-electron chi connectivity index (χ2n) is 6.57. The van der Waals surface area contributed by atoms with E-state index in [0.29, 0.717) is 34.5 Å². The quantitative estimate of drug-likeness (QED) is 0.202. The second-order valence-corrected chi connectivity index (χ2v) is 7.57. The highest BCUT2D eigenvalue weighted by Gasteiger charge is 2.18. The summed E-state index contributed by atoms with van der Waals surface area (Å²) < 4.78 is 12.5. The van der Waals surface area contributed by atoms with E-state index in [9.17, 15) is 10.1 Å². The van der Waals surface area contributed by atoms with E-state index in [4.69, 9.17) is 9.15 Å². The topological polar surface area (TPSA) is 109 Å². The van der Waals surface area contributed by atoms with Crippen molar-refractivity contribution in [2.24, 2.45) is 4.99 Å². The molecule has 0 aliphatic carbocycles. The van der Waals surface area contributed by atoms with Crippen LogP contribution in [-0.2, 0) is 6.54 Å². The van der Waals surface area contributed by atoms with Crippen LogP contribution >= 0.6 is 11.8 Å². The lowest BCUT2D eigenvalue weighted by molar-refractivity contribution is -0.384. The number of aromatic nitrogens is 3. The molecule has 9 nitrogen and oxygen atoms in total. The third-order valence-electron chi connectivity index (χ3n) is 4.61. The number of hydrogen-bond donors (Lipinski definition) is 0. The second kappa shape index (κ2) is 9.48. The van der Waals surface area contributed by atoms with E-state index < -0.39 is 4.92 Å². The maximum absolute atomic E-state index is 11.3. The fourth-order valence-electron chi connectivity index (χ4n) is 2.99. The normalized spacial score (nSPS) is 11.2. The number of methoxy groups -OCH3 is 1. The fourth-order valence-corrected chi connectivity index (χ4v) is 3.96. The van der Waals surface area contributed by atoms with Crippen LogP contribution in [0, 0.1) is 10.1 Å². The third-order valence-corrected chi connectivity index (χ3v) is 5.68. The van der Waals surface area contributed by atoms with E-state index in [2.05, 4.69) is 15.2 Å². The van der Waals surface area contributed by atoms with Gasteiger partial charge in [-0.2, -0.15) is 0 Å². The zero-order valence-electron chi connectivity index (χ0n) is 17.3. The molecule has 2 aromatic carbocycles. The predicted molar refractivity (Wildman–Crippen MR) is 121 cm³/mol. The molecule has 10 heteroatoms. The number of furan rings is 1. The molecule has 0 saturated carbocycles. The van der Waals surface area contributed by atoms with Gasteiger partial charge in [-0.25, -0.2) is 0 Å². The van der Waals surface area contributed by atoms with Crippen molar-refractivity contribution >= 4 is 29.4 Å². The zero-order valence-corrected chi connectivity index (χ0v) is 18.2. The summed E-state index contributed by atoms with van der Waals surface area (Å²) in [6.07, 6.45) is 3.19. The Morgan fingerprint density at radius 1 is 1.22 bits per heavy atom. The standard InChI is InChI=1S/C22H19N5O4S/c1-3-26-21(19-5-4-12-31-19)24-25-22(26)32-20-11-8-17(27(28)29)13-15(20)14-23-16-6-9-18(30-2)10-7-16/h4-14H,3H2,1-2H3. The maximum atomic E-state index is 11.3. The smallest absolute Gasteiger partial charge is 0.270 e. The number of nitro groups is 1. The largest absolute Gasteiger partial charge is 0.497 e. The average Bonchev–Trinajstić information content (AvgIpc) is 3.48. The number of benzene rings is 2. The minimum atomic E-state index is -0.428. The summed E-state index contributed by atoms with van der Waals surface area (Å²) in [5.74, 6) is 1.97. The molecule has 0 fully saturated rings. The minimum Gasteiger partial charge on any atom is -0.497 e. The summed E-state index contributed by atoms with van der Waals surface area (Å²) in [5, 5.41) is 20.5. The molecule has 0 amide bonds. The summed E-state index contributed by atoms with van der Waals surface area (Å²) >= 11 is 1.36. The number of nitro benzene ring substituents is 1. The maximum Gasteiger partial charge on any atom is 0.270 e. The molecule has 0 atom stereocenters. The van der Waals surface area contributed by atoms with Gasteiger partial charge in [-0.1, -0.05) is 0 Å². The van der Waals surface area contributed by atoms with E-state index in [1.807, 2.05) is 29.7 Å². The molecule has 0 unspecified atom stereocenters.